The predicted octanol–water partition coefficient (Wildman–Crippen LogP) is 5.47. The van der Waals surface area contributed by atoms with Crippen molar-refractivity contribution in [1.29, 1.82) is 0 Å². The van der Waals surface area contributed by atoms with E-state index in [9.17, 15) is 9.90 Å². The summed E-state index contributed by atoms with van der Waals surface area (Å²) in [5, 5.41) is 11.7. The summed E-state index contributed by atoms with van der Waals surface area (Å²) in [7, 11) is 0. The third-order valence-electron chi connectivity index (χ3n) is 6.71. The lowest BCUT2D eigenvalue weighted by atomic mass is 9.85. The van der Waals surface area contributed by atoms with Crippen LogP contribution in [-0.2, 0) is 17.8 Å². The second-order valence-corrected chi connectivity index (χ2v) is 10.3. The van der Waals surface area contributed by atoms with Crippen LogP contribution in [0.3, 0.4) is 0 Å². The molecule has 4 atom stereocenters. The van der Waals surface area contributed by atoms with Crippen LogP contribution < -0.4 is 0 Å². The number of amides is 1. The molecule has 2 heterocycles. The van der Waals surface area contributed by atoms with Crippen LogP contribution in [0.4, 0.5) is 4.79 Å². The van der Waals surface area contributed by atoms with E-state index in [2.05, 4.69) is 35.2 Å². The van der Waals surface area contributed by atoms with E-state index < -0.39 is 17.7 Å². The molecular weight excluding hydrogens is 424 g/mol. The zero-order valence-electron chi connectivity index (χ0n) is 20.0. The van der Waals surface area contributed by atoms with Crippen molar-refractivity contribution in [2.24, 2.45) is 0 Å². The Morgan fingerprint density at radius 2 is 1.29 bits per heavy atom. The molecule has 0 spiro atoms. The second kappa shape index (κ2) is 8.90. The highest BCUT2D eigenvalue weighted by Gasteiger charge is 2.60. The lowest BCUT2D eigenvalue weighted by Gasteiger charge is -2.37. The minimum atomic E-state index is -0.722. The van der Waals surface area contributed by atoms with Crippen LogP contribution in [0.5, 0.6) is 0 Å². The van der Waals surface area contributed by atoms with Crippen molar-refractivity contribution in [3.63, 3.8) is 0 Å². The largest absolute Gasteiger partial charge is 0.444 e. The molecule has 34 heavy (non-hydrogen) atoms. The van der Waals surface area contributed by atoms with E-state index in [1.54, 1.807) is 4.90 Å². The van der Waals surface area contributed by atoms with E-state index >= 15 is 0 Å². The van der Waals surface area contributed by atoms with Gasteiger partial charge in [0.15, 0.2) is 0 Å². The highest BCUT2D eigenvalue weighted by molar-refractivity contribution is 5.73. The van der Waals surface area contributed by atoms with Gasteiger partial charge in [0.2, 0.25) is 0 Å². The smallest absolute Gasteiger partial charge is 0.411 e. The topological polar surface area (TPSA) is 53.0 Å². The van der Waals surface area contributed by atoms with E-state index in [0.29, 0.717) is 13.1 Å². The summed E-state index contributed by atoms with van der Waals surface area (Å²) in [5.41, 5.74) is 3.84. The molecule has 1 amide bonds. The highest BCUT2D eigenvalue weighted by Crippen LogP contribution is 2.55. The number of rotatable bonds is 5. The minimum Gasteiger partial charge on any atom is -0.444 e. The Bertz CT molecular complexity index is 1100. The molecular formula is C29H32N2O3. The molecule has 1 fully saturated rings. The fraction of sp³-hybridized carbons (Fsp3) is 0.345. The molecule has 0 aromatic heterocycles. The number of carbonyl (C=O) groups excluding carboxylic acids is 1. The number of nitrogens with zero attached hydrogens (tertiary/aromatic N) is 2. The zero-order valence-corrected chi connectivity index (χ0v) is 20.0. The average Bonchev–Trinajstić information content (AvgIpc) is 3.30. The summed E-state index contributed by atoms with van der Waals surface area (Å²) in [4.78, 5) is 17.5. The van der Waals surface area contributed by atoms with Gasteiger partial charge in [-0.05, 0) is 43.0 Å². The number of hydrogen-bond acceptors (Lipinski definition) is 4. The molecule has 0 aliphatic carbocycles. The van der Waals surface area contributed by atoms with Gasteiger partial charge in [0.05, 0.1) is 24.2 Å². The molecule has 3 aromatic rings. The van der Waals surface area contributed by atoms with Crippen LogP contribution >= 0.6 is 0 Å². The van der Waals surface area contributed by atoms with Crippen molar-refractivity contribution in [1.82, 2.24) is 9.80 Å². The summed E-state index contributed by atoms with van der Waals surface area (Å²) in [6.07, 6.45) is -1.10. The fourth-order valence-electron chi connectivity index (χ4n) is 5.45. The molecule has 5 rings (SSSR count). The number of fused-ring (bicyclic) bond motifs is 5. The zero-order chi connectivity index (χ0) is 23.9. The monoisotopic (exact) mass is 456 g/mol. The van der Waals surface area contributed by atoms with Crippen molar-refractivity contribution in [2.75, 3.05) is 0 Å². The molecule has 3 aromatic carbocycles. The fourth-order valence-corrected chi connectivity index (χ4v) is 5.45. The molecule has 2 bridgehead atoms. The Morgan fingerprint density at radius 3 is 1.79 bits per heavy atom. The number of benzene rings is 3. The van der Waals surface area contributed by atoms with E-state index in [1.807, 2.05) is 75.4 Å². The standard InChI is InChI=1S/C29H32N2O3/c1-29(2,3)34-28(33)31-24-22-16-10-11-17-23(22)25(31)27(32)26(24)30(18-20-12-6-4-7-13-20)19-21-14-8-5-9-15-21/h4-17,24-27,32H,18-19H2,1-3H3. The van der Waals surface area contributed by atoms with Crippen molar-refractivity contribution in [3.8, 4) is 0 Å². The summed E-state index contributed by atoms with van der Waals surface area (Å²) in [6, 6.07) is 27.7. The minimum absolute atomic E-state index is 0.257. The van der Waals surface area contributed by atoms with Crippen LogP contribution in [0.1, 0.15) is 55.1 Å². The molecule has 0 radical (unpaired) electrons. The van der Waals surface area contributed by atoms with E-state index in [1.165, 1.54) is 11.1 Å². The first-order valence-electron chi connectivity index (χ1n) is 11.9. The predicted molar refractivity (Wildman–Crippen MR) is 132 cm³/mol. The Kier molecular flexibility index (Phi) is 5.92. The van der Waals surface area contributed by atoms with Gasteiger partial charge in [0, 0.05) is 13.1 Å². The Hall–Kier alpha value is -3.15. The number of hydrogen-bond donors (Lipinski definition) is 1. The van der Waals surface area contributed by atoms with Crippen LogP contribution in [0.2, 0.25) is 0 Å². The number of aliphatic hydroxyl groups excluding tert-OH is 1. The number of ether oxygens (including phenoxy) is 1. The summed E-state index contributed by atoms with van der Waals surface area (Å²) in [6.45, 7) is 6.97. The molecule has 5 heteroatoms. The van der Waals surface area contributed by atoms with Gasteiger partial charge in [-0.25, -0.2) is 4.79 Å². The maximum Gasteiger partial charge on any atom is 0.411 e. The van der Waals surface area contributed by atoms with Crippen molar-refractivity contribution in [2.45, 2.75) is 63.7 Å². The summed E-state index contributed by atoms with van der Waals surface area (Å²) < 4.78 is 5.80. The van der Waals surface area contributed by atoms with Crippen molar-refractivity contribution in [3.05, 3.63) is 107 Å². The third kappa shape index (κ3) is 4.22. The van der Waals surface area contributed by atoms with Crippen LogP contribution in [-0.4, -0.2) is 38.7 Å². The van der Waals surface area contributed by atoms with Gasteiger partial charge >= 0.3 is 6.09 Å². The van der Waals surface area contributed by atoms with E-state index in [4.69, 9.17) is 4.74 Å². The number of carbonyl (C=O) groups is 1. The quantitative estimate of drug-likeness (QED) is 0.554. The van der Waals surface area contributed by atoms with Crippen LogP contribution in [0.15, 0.2) is 84.9 Å². The van der Waals surface area contributed by atoms with Gasteiger partial charge in [-0.2, -0.15) is 0 Å². The van der Waals surface area contributed by atoms with Crippen molar-refractivity contribution >= 4 is 6.09 Å². The maximum absolute atomic E-state index is 13.4. The molecule has 5 nitrogen and oxygen atoms in total. The summed E-state index contributed by atoms with van der Waals surface area (Å²) >= 11 is 0. The first kappa shape index (κ1) is 22.6. The second-order valence-electron chi connectivity index (χ2n) is 10.3. The Morgan fingerprint density at radius 1 is 0.824 bits per heavy atom. The van der Waals surface area contributed by atoms with Gasteiger partial charge in [0.25, 0.3) is 0 Å². The molecule has 2 aliphatic rings. The average molecular weight is 457 g/mol. The van der Waals surface area contributed by atoms with Crippen LogP contribution in [0, 0.1) is 0 Å². The molecule has 0 saturated carbocycles. The first-order chi connectivity index (χ1) is 16.3. The molecule has 2 aliphatic heterocycles. The highest BCUT2D eigenvalue weighted by atomic mass is 16.6. The van der Waals surface area contributed by atoms with E-state index in [-0.39, 0.29) is 18.2 Å². The van der Waals surface area contributed by atoms with Gasteiger partial charge in [-0.15, -0.1) is 0 Å². The number of aliphatic hydroxyl groups is 1. The molecule has 176 valence electrons. The van der Waals surface area contributed by atoms with Gasteiger partial charge in [-0.3, -0.25) is 9.80 Å². The van der Waals surface area contributed by atoms with E-state index in [0.717, 1.165) is 11.1 Å². The maximum atomic E-state index is 13.4. The summed E-state index contributed by atoms with van der Waals surface area (Å²) in [5.74, 6) is 0. The SMILES string of the molecule is CC(C)(C)OC(=O)N1C2c3ccccc3C1C(N(Cc1ccccc1)Cc1ccccc1)C2O. The van der Waals surface area contributed by atoms with Crippen LogP contribution in [0.25, 0.3) is 0 Å². The normalized spacial score (nSPS) is 23.3. The molecule has 1 saturated heterocycles. The molecule has 4 unspecified atom stereocenters. The first-order valence-corrected chi connectivity index (χ1v) is 11.9. The Labute approximate surface area is 201 Å². The lowest BCUT2D eigenvalue weighted by Crippen LogP contribution is -2.46. The molecule has 1 N–H and O–H groups in total. The van der Waals surface area contributed by atoms with Gasteiger partial charge in [0.1, 0.15) is 5.60 Å². The lowest BCUT2D eigenvalue weighted by molar-refractivity contribution is 0.0123. The third-order valence-corrected chi connectivity index (χ3v) is 6.71. The van der Waals surface area contributed by atoms with Gasteiger partial charge < -0.3 is 9.84 Å². The van der Waals surface area contributed by atoms with Gasteiger partial charge in [-0.1, -0.05) is 84.9 Å². The Balaban J connectivity index is 1.55. The van der Waals surface area contributed by atoms with Crippen molar-refractivity contribution < 1.29 is 14.6 Å².